The Bertz CT molecular complexity index is 290. The van der Waals surface area contributed by atoms with Gasteiger partial charge >= 0.3 is 6.09 Å². The van der Waals surface area contributed by atoms with E-state index < -0.39 is 5.60 Å². The molecule has 1 rings (SSSR count). The molecule has 0 N–H and O–H groups in total. The Labute approximate surface area is 103 Å². The third-order valence-corrected chi connectivity index (χ3v) is 2.64. The minimum absolute atomic E-state index is 0.194. The van der Waals surface area contributed by atoms with Gasteiger partial charge in [0.05, 0.1) is 0 Å². The summed E-state index contributed by atoms with van der Waals surface area (Å²) < 4.78 is 5.34. The van der Waals surface area contributed by atoms with E-state index in [-0.39, 0.29) is 17.9 Å². The molecule has 0 radical (unpaired) electrons. The van der Waals surface area contributed by atoms with Crippen LogP contribution in [-0.4, -0.2) is 35.0 Å². The molecule has 98 valence electrons. The number of nitrogens with zero attached hydrogens (tertiary/aromatic N) is 1. The van der Waals surface area contributed by atoms with E-state index in [0.717, 1.165) is 12.8 Å². The van der Waals surface area contributed by atoms with E-state index in [1.54, 1.807) is 4.90 Å². The van der Waals surface area contributed by atoms with Crippen molar-refractivity contribution in [2.24, 2.45) is 0 Å². The van der Waals surface area contributed by atoms with Crippen molar-refractivity contribution >= 4 is 11.9 Å². The van der Waals surface area contributed by atoms with Gasteiger partial charge in [-0.05, 0) is 33.6 Å². The topological polar surface area (TPSA) is 46.6 Å². The fourth-order valence-corrected chi connectivity index (χ4v) is 1.55. The van der Waals surface area contributed by atoms with Gasteiger partial charge in [0, 0.05) is 25.4 Å². The van der Waals surface area contributed by atoms with Gasteiger partial charge in [0.1, 0.15) is 11.4 Å². The maximum atomic E-state index is 11.9. The number of Topliss-reactive ketones (excluding diaryl/α,β-unsaturated/α-hetero) is 1. The Morgan fingerprint density at radius 3 is 2.29 bits per heavy atom. The molecule has 0 aromatic rings. The molecule has 4 nitrogen and oxygen atoms in total. The molecular weight excluding hydrogens is 218 g/mol. The Kier molecular flexibility index (Phi) is 4.54. The second-order valence-corrected chi connectivity index (χ2v) is 5.55. The van der Waals surface area contributed by atoms with Crippen LogP contribution in [0, 0.1) is 0 Å². The first-order valence-corrected chi connectivity index (χ1v) is 6.35. The summed E-state index contributed by atoms with van der Waals surface area (Å²) in [5.74, 6) is 0.194. The molecule has 1 aliphatic rings. The van der Waals surface area contributed by atoms with E-state index in [1.807, 2.05) is 27.7 Å². The summed E-state index contributed by atoms with van der Waals surface area (Å²) in [5, 5.41) is 0. The van der Waals surface area contributed by atoms with Crippen molar-refractivity contribution in [2.45, 2.75) is 65.0 Å². The summed E-state index contributed by atoms with van der Waals surface area (Å²) in [5.41, 5.74) is -0.473. The number of carbonyl (C=O) groups excluding carboxylic acids is 2. The highest BCUT2D eigenvalue weighted by molar-refractivity contribution is 5.79. The van der Waals surface area contributed by atoms with Crippen LogP contribution >= 0.6 is 0 Å². The number of ether oxygens (including phenoxy) is 1. The van der Waals surface area contributed by atoms with Crippen molar-refractivity contribution in [2.75, 3.05) is 6.54 Å². The fraction of sp³-hybridized carbons (Fsp3) is 0.846. The number of carbonyl (C=O) groups is 2. The lowest BCUT2D eigenvalue weighted by Gasteiger charge is -2.27. The lowest BCUT2D eigenvalue weighted by atomic mass is 10.2. The predicted octanol–water partition coefficient (Wildman–Crippen LogP) is 2.76. The van der Waals surface area contributed by atoms with E-state index >= 15 is 0 Å². The summed E-state index contributed by atoms with van der Waals surface area (Å²) in [7, 11) is 0. The van der Waals surface area contributed by atoms with E-state index in [4.69, 9.17) is 4.74 Å². The molecule has 4 heteroatoms. The lowest BCUT2D eigenvalue weighted by Crippen LogP contribution is -2.39. The van der Waals surface area contributed by atoms with Crippen molar-refractivity contribution in [3.8, 4) is 0 Å². The van der Waals surface area contributed by atoms with Crippen molar-refractivity contribution in [3.63, 3.8) is 0 Å². The van der Waals surface area contributed by atoms with Gasteiger partial charge in [-0.1, -0.05) is 6.92 Å². The van der Waals surface area contributed by atoms with Crippen molar-refractivity contribution in [3.05, 3.63) is 0 Å². The first-order chi connectivity index (χ1) is 7.83. The Morgan fingerprint density at radius 1 is 1.29 bits per heavy atom. The molecule has 0 spiro atoms. The molecule has 0 saturated heterocycles. The van der Waals surface area contributed by atoms with Gasteiger partial charge in [0.25, 0.3) is 0 Å². The third kappa shape index (κ3) is 5.20. The van der Waals surface area contributed by atoms with E-state index in [0.29, 0.717) is 19.4 Å². The molecule has 0 atom stereocenters. The highest BCUT2D eigenvalue weighted by Gasteiger charge is 2.35. The van der Waals surface area contributed by atoms with Gasteiger partial charge in [-0.15, -0.1) is 0 Å². The maximum Gasteiger partial charge on any atom is 0.410 e. The molecule has 17 heavy (non-hydrogen) atoms. The van der Waals surface area contributed by atoms with Crippen LogP contribution in [-0.2, 0) is 9.53 Å². The average Bonchev–Trinajstić information content (AvgIpc) is 2.99. The first kappa shape index (κ1) is 14.0. The van der Waals surface area contributed by atoms with Gasteiger partial charge in [-0.25, -0.2) is 4.79 Å². The second kappa shape index (κ2) is 5.52. The second-order valence-electron chi connectivity index (χ2n) is 5.55. The smallest absolute Gasteiger partial charge is 0.410 e. The van der Waals surface area contributed by atoms with Crippen LogP contribution in [0.4, 0.5) is 4.79 Å². The highest BCUT2D eigenvalue weighted by Crippen LogP contribution is 2.28. The molecule has 0 bridgehead atoms. The van der Waals surface area contributed by atoms with Crippen molar-refractivity contribution < 1.29 is 14.3 Å². The Morgan fingerprint density at radius 2 is 1.88 bits per heavy atom. The van der Waals surface area contributed by atoms with Crippen LogP contribution in [0.3, 0.4) is 0 Å². The molecule has 1 saturated carbocycles. The average molecular weight is 241 g/mol. The first-order valence-electron chi connectivity index (χ1n) is 6.35. The molecule has 0 aliphatic heterocycles. The number of amides is 1. The molecule has 0 aromatic carbocycles. The predicted molar refractivity (Wildman–Crippen MR) is 65.9 cm³/mol. The summed E-state index contributed by atoms with van der Waals surface area (Å²) in [6, 6.07) is 0.287. The van der Waals surface area contributed by atoms with Crippen molar-refractivity contribution in [1.82, 2.24) is 4.90 Å². The summed E-state index contributed by atoms with van der Waals surface area (Å²) in [4.78, 5) is 24.9. The monoisotopic (exact) mass is 241 g/mol. The third-order valence-electron chi connectivity index (χ3n) is 2.64. The van der Waals surface area contributed by atoms with Gasteiger partial charge in [0.15, 0.2) is 0 Å². The summed E-state index contributed by atoms with van der Waals surface area (Å²) in [6.07, 6.45) is 2.74. The SMILES string of the molecule is CCC(=O)CCN(C(=O)OC(C)(C)C)C1CC1. The van der Waals surface area contributed by atoms with Crippen LogP contribution in [0.1, 0.15) is 53.4 Å². The van der Waals surface area contributed by atoms with Gasteiger partial charge < -0.3 is 9.64 Å². The van der Waals surface area contributed by atoms with Crippen LogP contribution < -0.4 is 0 Å². The van der Waals surface area contributed by atoms with Crippen LogP contribution in [0.15, 0.2) is 0 Å². The maximum absolute atomic E-state index is 11.9. The molecule has 0 aromatic heterocycles. The number of rotatable bonds is 5. The van der Waals surface area contributed by atoms with Crippen LogP contribution in [0.2, 0.25) is 0 Å². The number of hydrogen-bond donors (Lipinski definition) is 0. The molecule has 0 heterocycles. The molecule has 1 amide bonds. The number of hydrogen-bond acceptors (Lipinski definition) is 3. The molecule has 1 fully saturated rings. The van der Waals surface area contributed by atoms with E-state index in [2.05, 4.69) is 0 Å². The fourth-order valence-electron chi connectivity index (χ4n) is 1.55. The largest absolute Gasteiger partial charge is 0.444 e. The Balaban J connectivity index is 2.48. The minimum atomic E-state index is -0.473. The van der Waals surface area contributed by atoms with Gasteiger partial charge in [0.2, 0.25) is 0 Å². The van der Waals surface area contributed by atoms with Crippen LogP contribution in [0.25, 0.3) is 0 Å². The summed E-state index contributed by atoms with van der Waals surface area (Å²) >= 11 is 0. The van der Waals surface area contributed by atoms with Gasteiger partial charge in [-0.2, -0.15) is 0 Å². The molecular formula is C13H23NO3. The Hall–Kier alpha value is -1.06. The van der Waals surface area contributed by atoms with Crippen molar-refractivity contribution in [1.29, 1.82) is 0 Å². The summed E-state index contributed by atoms with van der Waals surface area (Å²) in [6.45, 7) is 7.90. The van der Waals surface area contributed by atoms with Crippen LogP contribution in [0.5, 0.6) is 0 Å². The molecule has 0 unspecified atom stereocenters. The zero-order valence-corrected chi connectivity index (χ0v) is 11.3. The highest BCUT2D eigenvalue weighted by atomic mass is 16.6. The zero-order valence-electron chi connectivity index (χ0n) is 11.3. The minimum Gasteiger partial charge on any atom is -0.444 e. The zero-order chi connectivity index (χ0) is 13.1. The van der Waals surface area contributed by atoms with E-state index in [9.17, 15) is 9.59 Å². The standard InChI is InChI=1S/C13H23NO3/c1-5-11(15)8-9-14(10-6-7-10)12(16)17-13(2,3)4/h10H,5-9H2,1-4H3. The molecule has 1 aliphatic carbocycles. The lowest BCUT2D eigenvalue weighted by molar-refractivity contribution is -0.119. The normalized spacial score (nSPS) is 15.5. The van der Waals surface area contributed by atoms with Gasteiger partial charge in [-0.3, -0.25) is 4.79 Å². The quantitative estimate of drug-likeness (QED) is 0.743. The van der Waals surface area contributed by atoms with E-state index in [1.165, 1.54) is 0 Å². The number of ketones is 1.